The monoisotopic (exact) mass is 1460 g/mol. The molecular weight excluding hydrogens is 1360 g/mol. The highest BCUT2D eigenvalue weighted by Gasteiger charge is 2.26. The van der Waals surface area contributed by atoms with Gasteiger partial charge in [-0.15, -0.1) is 0 Å². The van der Waals surface area contributed by atoms with E-state index in [1.807, 2.05) is 85.0 Å². The molecule has 0 saturated heterocycles. The van der Waals surface area contributed by atoms with Crippen LogP contribution in [0.3, 0.4) is 0 Å². The Morgan fingerprint density at radius 3 is 1.02 bits per heavy atom. The predicted molar refractivity (Wildman–Crippen MR) is 460 cm³/mol. The van der Waals surface area contributed by atoms with E-state index < -0.39 is 25.0 Å². The van der Waals surface area contributed by atoms with Crippen LogP contribution >= 0.6 is 0 Å². The number of hydrogen-bond acceptors (Lipinski definition) is 4. The van der Waals surface area contributed by atoms with Gasteiger partial charge in [0.15, 0.2) is 24.8 Å². The molecule has 8 heteroatoms. The lowest BCUT2D eigenvalue weighted by Gasteiger charge is -2.11. The van der Waals surface area contributed by atoms with Crippen LogP contribution in [0.4, 0.5) is 0 Å². The molecule has 0 spiro atoms. The maximum Gasteiger partial charge on any atom is 0.212 e. The minimum Gasteiger partial charge on any atom is -0.456 e. The average Bonchev–Trinajstić information content (AvgIpc) is 1.58. The normalized spacial score (nSPS) is 14.6. The molecule has 1 saturated carbocycles. The van der Waals surface area contributed by atoms with Crippen molar-refractivity contribution >= 4 is 131 Å². The molecule has 1 aliphatic rings. The second-order valence-corrected chi connectivity index (χ2v) is 30.5. The summed E-state index contributed by atoms with van der Waals surface area (Å²) in [7, 11) is 8.08. The summed E-state index contributed by atoms with van der Waals surface area (Å²) in [6.45, 7) is 11.2. The summed E-state index contributed by atoms with van der Waals surface area (Å²) in [6.07, 6.45) is 10.8. The Kier molecular flexibility index (Phi) is 16.0. The second kappa shape index (κ2) is 28.5. The van der Waals surface area contributed by atoms with Crippen molar-refractivity contribution in [3.63, 3.8) is 0 Å². The van der Waals surface area contributed by atoms with Crippen LogP contribution in [-0.2, 0) is 34.6 Å². The molecule has 0 N–H and O–H groups in total. The zero-order chi connectivity index (χ0) is 82.2. The molecule has 8 heterocycles. The van der Waals surface area contributed by atoms with Crippen molar-refractivity contribution in [1.29, 1.82) is 0 Å². The van der Waals surface area contributed by atoms with E-state index in [2.05, 4.69) is 257 Å². The van der Waals surface area contributed by atoms with Gasteiger partial charge in [0.05, 0.1) is 22.3 Å². The van der Waals surface area contributed by atoms with Gasteiger partial charge in [0.2, 0.25) is 22.8 Å². The first kappa shape index (κ1) is 62.4. The summed E-state index contributed by atoms with van der Waals surface area (Å²) in [5.74, 6) is -2.14. The molecule has 111 heavy (non-hydrogen) atoms. The van der Waals surface area contributed by atoms with Gasteiger partial charge in [-0.3, -0.25) is 0 Å². The molecule has 1 fully saturated rings. The van der Waals surface area contributed by atoms with E-state index in [1.165, 1.54) is 88.9 Å². The lowest BCUT2D eigenvalue weighted by Crippen LogP contribution is -2.31. The van der Waals surface area contributed by atoms with Gasteiger partial charge < -0.3 is 17.7 Å². The van der Waals surface area contributed by atoms with Gasteiger partial charge in [0.1, 0.15) is 72.9 Å². The van der Waals surface area contributed by atoms with Crippen molar-refractivity contribution in [2.45, 2.75) is 99.2 Å². The summed E-state index contributed by atoms with van der Waals surface area (Å²) >= 11 is 0. The zero-order valence-electron chi connectivity index (χ0n) is 71.7. The van der Waals surface area contributed by atoms with Crippen molar-refractivity contribution in [3.8, 4) is 45.0 Å². The lowest BCUT2D eigenvalue weighted by molar-refractivity contribution is -0.660. The Hall–Kier alpha value is -12.5. The van der Waals surface area contributed by atoms with Crippen molar-refractivity contribution in [2.75, 3.05) is 0 Å². The number of aryl methyl sites for hydroxylation is 10. The molecular formula is C103H92N4O4+4. The highest BCUT2D eigenvalue weighted by atomic mass is 16.3. The Morgan fingerprint density at radius 1 is 0.360 bits per heavy atom. The molecule has 21 rings (SSSR count). The highest BCUT2D eigenvalue weighted by Crippen LogP contribution is 2.43. The van der Waals surface area contributed by atoms with Crippen LogP contribution in [0.25, 0.3) is 176 Å². The zero-order valence-corrected chi connectivity index (χ0v) is 64.7. The van der Waals surface area contributed by atoms with E-state index in [0.717, 1.165) is 153 Å². The molecule has 1 atom stereocenters. The minimum absolute atomic E-state index is 0.444. The Balaban J connectivity index is 0.000000109. The molecule has 1 unspecified atom stereocenters. The number of rotatable bonds is 7. The molecule has 0 amide bonds. The van der Waals surface area contributed by atoms with Crippen LogP contribution in [0.5, 0.6) is 0 Å². The quantitative estimate of drug-likeness (QED) is 0.149. The van der Waals surface area contributed by atoms with Crippen molar-refractivity contribution in [2.24, 2.45) is 28.2 Å². The van der Waals surface area contributed by atoms with Crippen LogP contribution in [0.1, 0.15) is 112 Å². The van der Waals surface area contributed by atoms with Gasteiger partial charge in [-0.2, -0.15) is 0 Å². The Labute approximate surface area is 657 Å². The molecule has 0 bridgehead atoms. The third-order valence-corrected chi connectivity index (χ3v) is 22.9. The van der Waals surface area contributed by atoms with Gasteiger partial charge >= 0.3 is 0 Å². The highest BCUT2D eigenvalue weighted by molar-refractivity contribution is 6.15. The van der Waals surface area contributed by atoms with Gasteiger partial charge in [0.25, 0.3) is 0 Å². The number of hydrogen-bond donors (Lipinski definition) is 0. The van der Waals surface area contributed by atoms with E-state index in [-0.39, 0.29) is 0 Å². The maximum absolute atomic E-state index is 8.95. The van der Waals surface area contributed by atoms with Crippen molar-refractivity contribution < 1.29 is 45.5 Å². The van der Waals surface area contributed by atoms with Gasteiger partial charge in [-0.1, -0.05) is 131 Å². The van der Waals surface area contributed by atoms with Gasteiger partial charge in [-0.25, -0.2) is 18.3 Å². The molecule has 544 valence electrons. The molecule has 1 aliphatic carbocycles. The number of aromatic nitrogens is 4. The topological polar surface area (TPSA) is 68.1 Å². The van der Waals surface area contributed by atoms with Crippen LogP contribution in [0.15, 0.2) is 285 Å². The van der Waals surface area contributed by atoms with Crippen LogP contribution in [-0.4, -0.2) is 0 Å². The summed E-state index contributed by atoms with van der Waals surface area (Å²) in [5, 5.41) is 18.6. The molecule has 12 aromatic carbocycles. The maximum atomic E-state index is 8.95. The number of pyridine rings is 4. The van der Waals surface area contributed by atoms with Crippen molar-refractivity contribution in [3.05, 3.63) is 312 Å². The molecule has 0 radical (unpaired) electrons. The van der Waals surface area contributed by atoms with Gasteiger partial charge in [-0.05, 0) is 250 Å². The first-order chi connectivity index (χ1) is 56.5. The molecule has 8 aromatic heterocycles. The summed E-state index contributed by atoms with van der Waals surface area (Å²) in [5.41, 5.74) is 23.8. The lowest BCUT2D eigenvalue weighted by atomic mass is 9.95. The largest absolute Gasteiger partial charge is 0.456 e. The summed E-state index contributed by atoms with van der Waals surface area (Å²) < 4.78 is 90.3. The smallest absolute Gasteiger partial charge is 0.212 e. The first-order valence-electron chi connectivity index (χ1n) is 41.9. The Morgan fingerprint density at radius 2 is 0.658 bits per heavy atom. The van der Waals surface area contributed by atoms with Crippen LogP contribution in [0.2, 0.25) is 0 Å². The van der Waals surface area contributed by atoms with Gasteiger partial charge in [0, 0.05) is 101 Å². The second-order valence-electron chi connectivity index (χ2n) is 30.5. The number of fused-ring (bicyclic) bond motifs is 16. The average molecular weight is 1460 g/mol. The van der Waals surface area contributed by atoms with E-state index in [1.54, 1.807) is 13.0 Å². The fraction of sp³-hybridized carbons (Fsp3) is 0.184. The van der Waals surface area contributed by atoms with Crippen molar-refractivity contribution in [1.82, 2.24) is 0 Å². The summed E-state index contributed by atoms with van der Waals surface area (Å²) in [6, 6.07) is 84.0. The fourth-order valence-electron chi connectivity index (χ4n) is 16.7. The molecule has 20 aromatic rings. The van der Waals surface area contributed by atoms with Crippen LogP contribution in [0, 0.1) is 34.6 Å². The van der Waals surface area contributed by atoms with E-state index in [4.69, 9.17) is 27.3 Å². The van der Waals surface area contributed by atoms with Crippen LogP contribution < -0.4 is 18.3 Å². The number of furan rings is 4. The predicted octanol–water partition coefficient (Wildman–Crippen LogP) is 25.8. The van der Waals surface area contributed by atoms with E-state index in [0.29, 0.717) is 11.1 Å². The fourth-order valence-corrected chi connectivity index (χ4v) is 16.7. The van der Waals surface area contributed by atoms with E-state index >= 15 is 0 Å². The SMILES string of the molecule is Cc1cc[n+](C)c(-c2cc3oc4cc5ccccc5cc4c3cc2C)c1.[2H]C([2H])(C)c1cc[n+](C)c(-c2cc3oc4cc5ccccc5cc4c3cc2C)c1.[2H]C([2H])([2H])C([2H])(C)c1cc[n+](C)c(-c2cc3oc4cc5ccccc5cc4c3cc2C)c1.[2H]C1(c2cc[n+](C)c(-c3cc4oc5cc6ccccc6cc5c4cc3C)c2)CCCC1. The molecule has 0 aliphatic heterocycles. The number of nitrogens with zero attached hydrogens (tertiary/aromatic N) is 4. The standard InChI is InChI=1S/C28H26NO.C26H24NO.C25H22NO.C24H20NO/c1-18-13-24-25-14-20-9-5-6-10-21(20)16-27(25)30-28(24)17-23(18)26-15-22(11-12-29(26)2)19-7-3-4-8-19;1-16(2)18-9-10-27(4)24(13-18)21-15-26-22(11-17(21)3)23-12-19-7-5-6-8-20(19)14-25(23)28-26;1-4-17-9-10-26(3)23(12-17)20-15-25-21(11-16(20)2)22-13-18-7-5-6-8-19(18)14-24(22)27-25;1-15-8-9-25(3)22(10-15)19-14-24-20(11-16(19)2)21-12-17-6-4-5-7-18(17)13-23(21)26-24/h5-6,9-17,19H,3-4,7-8H2,1-2H3;5-16H,1-4H3;5-15H,4H2,1-3H3;4-14H,1-3H3/q4*+1/i19D;1D3,16D;4D2;. The van der Waals surface area contributed by atoms with E-state index in [9.17, 15) is 0 Å². The first-order valence-corrected chi connectivity index (χ1v) is 38.4. The minimum atomic E-state index is -2.43. The summed E-state index contributed by atoms with van der Waals surface area (Å²) in [4.78, 5) is 0. The third-order valence-electron chi connectivity index (χ3n) is 22.9. The number of benzene rings is 12. The Bertz CT molecular complexity index is 7480. The molecule has 8 nitrogen and oxygen atoms in total. The third kappa shape index (κ3) is 13.1.